The van der Waals surface area contributed by atoms with Gasteiger partial charge in [0.05, 0.1) is 17.6 Å². The summed E-state index contributed by atoms with van der Waals surface area (Å²) in [6, 6.07) is 7.94. The van der Waals surface area contributed by atoms with Crippen molar-refractivity contribution in [3.63, 3.8) is 0 Å². The highest BCUT2D eigenvalue weighted by molar-refractivity contribution is 5.92. The number of para-hydroxylation sites is 1. The second-order valence-corrected chi connectivity index (χ2v) is 5.13. The number of nitrogens with zero attached hydrogens (tertiary/aromatic N) is 2. The summed E-state index contributed by atoms with van der Waals surface area (Å²) in [5.74, 6) is 0.0539. The Labute approximate surface area is 113 Å². The molecule has 2 rings (SSSR count). The number of rotatable bonds is 5. The standard InChI is InChI=1S/C15H20N2O2/c1-5-19-15(2,3)14(18)10-12-11-8-6-7-9-13(11)17(4)16-12/h6-9H,5,10H2,1-4H3. The van der Waals surface area contributed by atoms with Crippen molar-refractivity contribution < 1.29 is 9.53 Å². The van der Waals surface area contributed by atoms with E-state index in [1.165, 1.54) is 0 Å². The number of aryl methyl sites for hydroxylation is 1. The molecule has 0 radical (unpaired) electrons. The molecule has 0 aliphatic carbocycles. The molecule has 0 fully saturated rings. The van der Waals surface area contributed by atoms with Crippen LogP contribution in [0.1, 0.15) is 26.5 Å². The maximum absolute atomic E-state index is 12.3. The van der Waals surface area contributed by atoms with Crippen LogP contribution in [0.5, 0.6) is 0 Å². The molecule has 0 spiro atoms. The third kappa shape index (κ3) is 2.68. The van der Waals surface area contributed by atoms with Crippen molar-refractivity contribution in [2.45, 2.75) is 32.8 Å². The largest absolute Gasteiger partial charge is 0.368 e. The lowest BCUT2D eigenvalue weighted by Crippen LogP contribution is -2.36. The van der Waals surface area contributed by atoms with Crippen LogP contribution in [0.15, 0.2) is 24.3 Å². The van der Waals surface area contributed by atoms with Crippen molar-refractivity contribution in [3.8, 4) is 0 Å². The van der Waals surface area contributed by atoms with Crippen LogP contribution in [-0.4, -0.2) is 27.8 Å². The number of carbonyl (C=O) groups excluding carboxylic acids is 1. The number of Topliss-reactive ketones (excluding diaryl/α,β-unsaturated/α-hetero) is 1. The lowest BCUT2D eigenvalue weighted by molar-refractivity contribution is -0.139. The number of fused-ring (bicyclic) bond motifs is 1. The summed E-state index contributed by atoms with van der Waals surface area (Å²) < 4.78 is 7.31. The lowest BCUT2D eigenvalue weighted by atomic mass is 9.98. The molecule has 0 saturated heterocycles. The molecule has 4 nitrogen and oxygen atoms in total. The van der Waals surface area contributed by atoms with Crippen LogP contribution < -0.4 is 0 Å². The first-order chi connectivity index (χ1) is 8.95. The summed E-state index contributed by atoms with van der Waals surface area (Å²) in [6.07, 6.45) is 0.300. The van der Waals surface area contributed by atoms with Crippen molar-refractivity contribution in [1.82, 2.24) is 9.78 Å². The third-order valence-electron chi connectivity index (χ3n) is 3.34. The van der Waals surface area contributed by atoms with Crippen LogP contribution in [0.2, 0.25) is 0 Å². The first-order valence-electron chi connectivity index (χ1n) is 6.53. The Balaban J connectivity index is 2.29. The zero-order chi connectivity index (χ0) is 14.0. The number of aromatic nitrogens is 2. The molecule has 19 heavy (non-hydrogen) atoms. The van der Waals surface area contributed by atoms with Crippen molar-refractivity contribution in [3.05, 3.63) is 30.0 Å². The highest BCUT2D eigenvalue weighted by Crippen LogP contribution is 2.21. The van der Waals surface area contributed by atoms with E-state index in [2.05, 4.69) is 5.10 Å². The van der Waals surface area contributed by atoms with E-state index in [-0.39, 0.29) is 5.78 Å². The Kier molecular flexibility index (Phi) is 3.71. The SMILES string of the molecule is CCOC(C)(C)C(=O)Cc1nn(C)c2ccccc12. The van der Waals surface area contributed by atoms with E-state index >= 15 is 0 Å². The fourth-order valence-corrected chi connectivity index (χ4v) is 2.23. The van der Waals surface area contributed by atoms with E-state index in [0.717, 1.165) is 16.6 Å². The van der Waals surface area contributed by atoms with Gasteiger partial charge in [0, 0.05) is 19.0 Å². The second-order valence-electron chi connectivity index (χ2n) is 5.13. The quantitative estimate of drug-likeness (QED) is 0.829. The summed E-state index contributed by atoms with van der Waals surface area (Å²) >= 11 is 0. The molecule has 4 heteroatoms. The highest BCUT2D eigenvalue weighted by atomic mass is 16.5. The molecule has 0 amide bonds. The molecular formula is C15H20N2O2. The molecular weight excluding hydrogens is 240 g/mol. The Morgan fingerprint density at radius 1 is 1.37 bits per heavy atom. The fourth-order valence-electron chi connectivity index (χ4n) is 2.23. The van der Waals surface area contributed by atoms with Gasteiger partial charge in [-0.2, -0.15) is 5.10 Å². The number of hydrogen-bond acceptors (Lipinski definition) is 3. The maximum Gasteiger partial charge on any atom is 0.170 e. The van der Waals surface area contributed by atoms with Gasteiger partial charge in [0.2, 0.25) is 0 Å². The Hall–Kier alpha value is -1.68. The van der Waals surface area contributed by atoms with Gasteiger partial charge in [0.25, 0.3) is 0 Å². The van der Waals surface area contributed by atoms with Gasteiger partial charge >= 0.3 is 0 Å². The van der Waals surface area contributed by atoms with Crippen molar-refractivity contribution in [2.24, 2.45) is 7.05 Å². The summed E-state index contributed by atoms with van der Waals surface area (Å²) in [6.45, 7) is 6.04. The molecule has 0 aliphatic rings. The molecule has 102 valence electrons. The van der Waals surface area contributed by atoms with E-state index in [1.807, 2.05) is 56.8 Å². The van der Waals surface area contributed by atoms with Gasteiger partial charge in [-0.25, -0.2) is 0 Å². The van der Waals surface area contributed by atoms with Crippen molar-refractivity contribution >= 4 is 16.7 Å². The summed E-state index contributed by atoms with van der Waals surface area (Å²) in [5.41, 5.74) is 1.10. The van der Waals surface area contributed by atoms with E-state index in [0.29, 0.717) is 13.0 Å². The minimum absolute atomic E-state index is 0.0539. The van der Waals surface area contributed by atoms with Crippen LogP contribution in [0.3, 0.4) is 0 Å². The normalized spacial score (nSPS) is 12.0. The maximum atomic E-state index is 12.3. The van der Waals surface area contributed by atoms with Gasteiger partial charge in [-0.05, 0) is 26.8 Å². The Morgan fingerprint density at radius 2 is 2.05 bits per heavy atom. The molecule has 1 heterocycles. The molecule has 2 aromatic rings. The van der Waals surface area contributed by atoms with E-state index < -0.39 is 5.60 Å². The van der Waals surface area contributed by atoms with Crippen LogP contribution >= 0.6 is 0 Å². The van der Waals surface area contributed by atoms with Crippen LogP contribution in [-0.2, 0) is 23.0 Å². The average Bonchev–Trinajstić information content (AvgIpc) is 2.67. The van der Waals surface area contributed by atoms with Crippen molar-refractivity contribution in [1.29, 1.82) is 0 Å². The number of ketones is 1. The van der Waals surface area contributed by atoms with Gasteiger partial charge in [0.15, 0.2) is 5.78 Å². The second kappa shape index (κ2) is 5.13. The zero-order valence-corrected chi connectivity index (χ0v) is 11.9. The van der Waals surface area contributed by atoms with E-state index in [9.17, 15) is 4.79 Å². The minimum atomic E-state index is -0.757. The summed E-state index contributed by atoms with van der Waals surface area (Å²) in [7, 11) is 1.89. The average molecular weight is 260 g/mol. The Morgan fingerprint density at radius 3 is 2.74 bits per heavy atom. The predicted molar refractivity (Wildman–Crippen MR) is 75.1 cm³/mol. The van der Waals surface area contributed by atoms with Crippen LogP contribution in [0.4, 0.5) is 0 Å². The number of ether oxygens (including phenoxy) is 1. The fraction of sp³-hybridized carbons (Fsp3) is 0.467. The molecule has 0 saturated carbocycles. The minimum Gasteiger partial charge on any atom is -0.368 e. The highest BCUT2D eigenvalue weighted by Gasteiger charge is 2.28. The molecule has 0 atom stereocenters. The van der Waals surface area contributed by atoms with Gasteiger partial charge in [-0.1, -0.05) is 18.2 Å². The van der Waals surface area contributed by atoms with Gasteiger partial charge in [0.1, 0.15) is 5.60 Å². The van der Waals surface area contributed by atoms with Crippen molar-refractivity contribution in [2.75, 3.05) is 6.61 Å². The smallest absolute Gasteiger partial charge is 0.170 e. The Bertz CT molecular complexity index is 599. The summed E-state index contributed by atoms with van der Waals surface area (Å²) in [5, 5.41) is 5.48. The first kappa shape index (κ1) is 13.7. The molecule has 0 N–H and O–H groups in total. The molecule has 0 bridgehead atoms. The van der Waals surface area contributed by atoms with Gasteiger partial charge in [-0.15, -0.1) is 0 Å². The van der Waals surface area contributed by atoms with E-state index in [4.69, 9.17) is 4.74 Å². The number of benzene rings is 1. The monoisotopic (exact) mass is 260 g/mol. The molecule has 0 aliphatic heterocycles. The van der Waals surface area contributed by atoms with Gasteiger partial charge in [-0.3, -0.25) is 9.48 Å². The van der Waals surface area contributed by atoms with E-state index in [1.54, 1.807) is 0 Å². The van der Waals surface area contributed by atoms with Gasteiger partial charge < -0.3 is 4.74 Å². The zero-order valence-electron chi connectivity index (χ0n) is 11.9. The summed E-state index contributed by atoms with van der Waals surface area (Å²) in [4.78, 5) is 12.3. The van der Waals surface area contributed by atoms with Crippen LogP contribution in [0.25, 0.3) is 10.9 Å². The third-order valence-corrected chi connectivity index (χ3v) is 3.34. The number of hydrogen-bond donors (Lipinski definition) is 0. The predicted octanol–water partition coefficient (Wildman–Crippen LogP) is 2.50. The molecule has 1 aromatic carbocycles. The topological polar surface area (TPSA) is 44.1 Å². The number of carbonyl (C=O) groups is 1. The molecule has 0 unspecified atom stereocenters. The first-order valence-corrected chi connectivity index (χ1v) is 6.53. The lowest BCUT2D eigenvalue weighted by Gasteiger charge is -2.22. The molecule has 1 aromatic heterocycles. The van der Waals surface area contributed by atoms with Crippen LogP contribution in [0, 0.1) is 0 Å².